The second-order valence-corrected chi connectivity index (χ2v) is 5.57. The molecule has 0 bridgehead atoms. The molecule has 2 aliphatic rings. The highest BCUT2D eigenvalue weighted by atomic mass is 15.2. The van der Waals surface area contributed by atoms with Crippen molar-refractivity contribution in [2.45, 2.75) is 31.7 Å². The molecule has 1 aromatic rings. The Balaban J connectivity index is 1.68. The topological polar surface area (TPSA) is 15.3 Å². The van der Waals surface area contributed by atoms with Crippen LogP contribution in [0.1, 0.15) is 23.1 Å². The highest BCUT2D eigenvalue weighted by molar-refractivity contribution is 5.35. The molecule has 0 spiro atoms. The molecule has 1 saturated heterocycles. The van der Waals surface area contributed by atoms with Crippen molar-refractivity contribution in [3.63, 3.8) is 0 Å². The van der Waals surface area contributed by atoms with Gasteiger partial charge in [0.2, 0.25) is 0 Å². The summed E-state index contributed by atoms with van der Waals surface area (Å²) in [6.07, 6.45) is 5.11. The monoisotopic (exact) mass is 230 g/mol. The lowest BCUT2D eigenvalue weighted by Gasteiger charge is -2.31. The van der Waals surface area contributed by atoms with Crippen molar-refractivity contribution < 1.29 is 0 Å². The third-order valence-corrected chi connectivity index (χ3v) is 4.10. The lowest BCUT2D eigenvalue weighted by molar-refractivity contribution is 0.238. The van der Waals surface area contributed by atoms with Gasteiger partial charge in [-0.25, -0.2) is 0 Å². The standard InChI is InChI=1S/C15H22N2/c1-17-8-7-16-15(11-17)10-12-5-6-13-3-2-4-14(13)9-12/h5-6,9,15-16H,2-4,7-8,10-11H2,1H3. The number of nitrogens with zero attached hydrogens (tertiary/aromatic N) is 1. The van der Waals surface area contributed by atoms with Gasteiger partial charge in [0, 0.05) is 25.7 Å². The van der Waals surface area contributed by atoms with Gasteiger partial charge in [0.1, 0.15) is 0 Å². The van der Waals surface area contributed by atoms with E-state index < -0.39 is 0 Å². The molecule has 0 saturated carbocycles. The summed E-state index contributed by atoms with van der Waals surface area (Å²) in [5, 5.41) is 3.62. The molecule has 17 heavy (non-hydrogen) atoms. The smallest absolute Gasteiger partial charge is 0.0235 e. The predicted molar refractivity (Wildman–Crippen MR) is 71.5 cm³/mol. The second-order valence-electron chi connectivity index (χ2n) is 5.57. The molecular weight excluding hydrogens is 208 g/mol. The minimum Gasteiger partial charge on any atom is -0.311 e. The van der Waals surface area contributed by atoms with Crippen LogP contribution in [0.15, 0.2) is 18.2 Å². The van der Waals surface area contributed by atoms with Gasteiger partial charge in [0.25, 0.3) is 0 Å². The van der Waals surface area contributed by atoms with Crippen molar-refractivity contribution in [2.24, 2.45) is 0 Å². The van der Waals surface area contributed by atoms with E-state index in [0.29, 0.717) is 6.04 Å². The molecule has 3 rings (SSSR count). The van der Waals surface area contributed by atoms with Gasteiger partial charge in [-0.15, -0.1) is 0 Å². The van der Waals surface area contributed by atoms with E-state index >= 15 is 0 Å². The van der Waals surface area contributed by atoms with Crippen LogP contribution in [0.4, 0.5) is 0 Å². The zero-order valence-electron chi connectivity index (χ0n) is 10.7. The first-order valence-electron chi connectivity index (χ1n) is 6.84. The fraction of sp³-hybridized carbons (Fsp3) is 0.600. The van der Waals surface area contributed by atoms with Gasteiger partial charge in [-0.05, 0) is 49.4 Å². The van der Waals surface area contributed by atoms with E-state index in [1.165, 1.54) is 44.3 Å². The van der Waals surface area contributed by atoms with Crippen LogP contribution in [0, 0.1) is 0 Å². The van der Waals surface area contributed by atoms with Crippen LogP contribution in [0.3, 0.4) is 0 Å². The maximum atomic E-state index is 3.62. The summed E-state index contributed by atoms with van der Waals surface area (Å²) >= 11 is 0. The van der Waals surface area contributed by atoms with Crippen LogP contribution >= 0.6 is 0 Å². The van der Waals surface area contributed by atoms with Crippen LogP contribution in [0.2, 0.25) is 0 Å². The summed E-state index contributed by atoms with van der Waals surface area (Å²) in [5.74, 6) is 0. The van der Waals surface area contributed by atoms with Gasteiger partial charge in [-0.3, -0.25) is 0 Å². The molecule has 1 N–H and O–H groups in total. The summed E-state index contributed by atoms with van der Waals surface area (Å²) in [6.45, 7) is 3.49. The van der Waals surface area contributed by atoms with Crippen molar-refractivity contribution in [3.8, 4) is 0 Å². The second kappa shape index (κ2) is 4.79. The molecule has 1 atom stereocenters. The van der Waals surface area contributed by atoms with Crippen molar-refractivity contribution in [1.29, 1.82) is 0 Å². The maximum absolute atomic E-state index is 3.62. The Labute approximate surface area is 104 Å². The highest BCUT2D eigenvalue weighted by Gasteiger charge is 2.17. The van der Waals surface area contributed by atoms with Gasteiger partial charge in [-0.2, -0.15) is 0 Å². The van der Waals surface area contributed by atoms with Gasteiger partial charge in [0.05, 0.1) is 0 Å². The molecule has 1 aliphatic carbocycles. The number of benzene rings is 1. The molecule has 92 valence electrons. The Bertz CT molecular complexity index is 400. The van der Waals surface area contributed by atoms with Crippen molar-refractivity contribution in [3.05, 3.63) is 34.9 Å². The molecule has 2 nitrogen and oxygen atoms in total. The average molecular weight is 230 g/mol. The largest absolute Gasteiger partial charge is 0.311 e. The molecule has 1 unspecified atom stereocenters. The lowest BCUT2D eigenvalue weighted by Crippen LogP contribution is -2.49. The molecule has 1 heterocycles. The first-order chi connectivity index (χ1) is 8.31. The highest BCUT2D eigenvalue weighted by Crippen LogP contribution is 2.23. The van der Waals surface area contributed by atoms with Crippen LogP contribution in [-0.2, 0) is 19.3 Å². The van der Waals surface area contributed by atoms with Crippen molar-refractivity contribution in [2.75, 3.05) is 26.7 Å². The van der Waals surface area contributed by atoms with Gasteiger partial charge in [-0.1, -0.05) is 18.2 Å². The number of piperazine rings is 1. The SMILES string of the molecule is CN1CCNC(Cc2ccc3c(c2)CCC3)C1. The normalized spacial score (nSPS) is 24.9. The Kier molecular flexibility index (Phi) is 3.17. The fourth-order valence-electron chi connectivity index (χ4n) is 3.16. The minimum atomic E-state index is 0.633. The van der Waals surface area contributed by atoms with E-state index in [1.807, 2.05) is 0 Å². The Morgan fingerprint density at radius 1 is 1.29 bits per heavy atom. The van der Waals surface area contributed by atoms with Crippen LogP contribution < -0.4 is 5.32 Å². The molecule has 0 radical (unpaired) electrons. The molecule has 1 fully saturated rings. The van der Waals surface area contributed by atoms with E-state index in [0.717, 1.165) is 6.54 Å². The lowest BCUT2D eigenvalue weighted by atomic mass is 10.00. The number of hydrogen-bond donors (Lipinski definition) is 1. The van der Waals surface area contributed by atoms with E-state index in [9.17, 15) is 0 Å². The van der Waals surface area contributed by atoms with Crippen LogP contribution in [0.5, 0.6) is 0 Å². The third-order valence-electron chi connectivity index (χ3n) is 4.10. The number of hydrogen-bond acceptors (Lipinski definition) is 2. The molecule has 2 heteroatoms. The van der Waals surface area contributed by atoms with E-state index in [4.69, 9.17) is 0 Å². The zero-order chi connectivity index (χ0) is 11.7. The Hall–Kier alpha value is -0.860. The van der Waals surface area contributed by atoms with E-state index in [1.54, 1.807) is 11.1 Å². The van der Waals surface area contributed by atoms with E-state index in [-0.39, 0.29) is 0 Å². The van der Waals surface area contributed by atoms with Gasteiger partial charge in [0.15, 0.2) is 0 Å². The first kappa shape index (κ1) is 11.2. The van der Waals surface area contributed by atoms with E-state index in [2.05, 4.69) is 35.5 Å². The first-order valence-corrected chi connectivity index (χ1v) is 6.84. The summed E-state index contributed by atoms with van der Waals surface area (Å²) in [5.41, 5.74) is 4.70. The number of aryl methyl sites for hydroxylation is 2. The summed E-state index contributed by atoms with van der Waals surface area (Å²) < 4.78 is 0. The summed E-state index contributed by atoms with van der Waals surface area (Å²) in [7, 11) is 2.22. The number of rotatable bonds is 2. The van der Waals surface area contributed by atoms with Crippen LogP contribution in [-0.4, -0.2) is 37.6 Å². The molecule has 1 aliphatic heterocycles. The third kappa shape index (κ3) is 2.53. The van der Waals surface area contributed by atoms with Crippen molar-refractivity contribution >= 4 is 0 Å². The molecule has 1 aromatic carbocycles. The molecule has 0 amide bonds. The number of likely N-dealkylation sites (N-methyl/N-ethyl adjacent to an activating group) is 1. The zero-order valence-corrected chi connectivity index (χ0v) is 10.7. The number of nitrogens with one attached hydrogen (secondary N) is 1. The fourth-order valence-corrected chi connectivity index (χ4v) is 3.16. The number of fused-ring (bicyclic) bond motifs is 1. The quantitative estimate of drug-likeness (QED) is 0.830. The van der Waals surface area contributed by atoms with Gasteiger partial charge >= 0.3 is 0 Å². The predicted octanol–water partition coefficient (Wildman–Crippen LogP) is 1.62. The van der Waals surface area contributed by atoms with Gasteiger partial charge < -0.3 is 10.2 Å². The van der Waals surface area contributed by atoms with Crippen LogP contribution in [0.25, 0.3) is 0 Å². The Morgan fingerprint density at radius 3 is 3.06 bits per heavy atom. The molecular formula is C15H22N2. The molecule has 0 aromatic heterocycles. The Morgan fingerprint density at radius 2 is 2.18 bits per heavy atom. The maximum Gasteiger partial charge on any atom is 0.0235 e. The minimum absolute atomic E-state index is 0.633. The van der Waals surface area contributed by atoms with Crippen molar-refractivity contribution in [1.82, 2.24) is 10.2 Å². The average Bonchev–Trinajstić information content (AvgIpc) is 2.76. The summed E-state index contributed by atoms with van der Waals surface area (Å²) in [4.78, 5) is 2.43. The summed E-state index contributed by atoms with van der Waals surface area (Å²) in [6, 6.07) is 7.76.